The van der Waals surface area contributed by atoms with E-state index in [1.807, 2.05) is 20.8 Å². The molecular formula is C16H19FN2O3. The summed E-state index contributed by atoms with van der Waals surface area (Å²) in [6.45, 7) is 7.56. The number of carbonyl (C=O) groups excluding carboxylic acids is 1. The van der Waals surface area contributed by atoms with Crippen molar-refractivity contribution in [3.63, 3.8) is 0 Å². The zero-order valence-corrected chi connectivity index (χ0v) is 13.0. The van der Waals surface area contributed by atoms with Gasteiger partial charge in [0.15, 0.2) is 11.9 Å². The Labute approximate surface area is 128 Å². The molecule has 5 nitrogen and oxygen atoms in total. The van der Waals surface area contributed by atoms with E-state index in [0.29, 0.717) is 17.3 Å². The highest BCUT2D eigenvalue weighted by Gasteiger charge is 2.22. The second-order valence-electron chi connectivity index (χ2n) is 6.03. The Hall–Kier alpha value is -2.37. The lowest BCUT2D eigenvalue weighted by molar-refractivity contribution is -0.122. The third-order valence-corrected chi connectivity index (χ3v) is 3.00. The van der Waals surface area contributed by atoms with Gasteiger partial charge < -0.3 is 14.6 Å². The molecule has 1 heterocycles. The maximum atomic E-state index is 12.8. The van der Waals surface area contributed by atoms with Crippen LogP contribution in [0.25, 0.3) is 0 Å². The van der Waals surface area contributed by atoms with E-state index in [0.717, 1.165) is 0 Å². The van der Waals surface area contributed by atoms with Crippen LogP contribution in [0.2, 0.25) is 0 Å². The van der Waals surface area contributed by atoms with Gasteiger partial charge in [0.05, 0.1) is 0 Å². The highest BCUT2D eigenvalue weighted by Crippen LogP contribution is 2.24. The standard InChI is InChI=1S/C16H19FN2O3/c1-10(21-12-7-5-11(17)6-8-12)15(20)18-14-9-13(22-19-14)16(2,3)4/h5-10H,1-4H3,(H,18,19,20). The van der Waals surface area contributed by atoms with Crippen molar-refractivity contribution in [1.29, 1.82) is 0 Å². The molecule has 1 aromatic carbocycles. The van der Waals surface area contributed by atoms with E-state index in [1.54, 1.807) is 13.0 Å². The Morgan fingerprint density at radius 1 is 1.32 bits per heavy atom. The fourth-order valence-corrected chi connectivity index (χ4v) is 1.69. The third kappa shape index (κ3) is 4.07. The Balaban J connectivity index is 1.96. The number of ether oxygens (including phenoxy) is 1. The number of nitrogens with zero attached hydrogens (tertiary/aromatic N) is 1. The molecule has 0 radical (unpaired) electrons. The number of benzene rings is 1. The largest absolute Gasteiger partial charge is 0.481 e. The molecule has 118 valence electrons. The van der Waals surface area contributed by atoms with Crippen molar-refractivity contribution in [1.82, 2.24) is 5.16 Å². The first kappa shape index (κ1) is 16.0. The molecule has 0 bridgehead atoms. The molecule has 0 saturated heterocycles. The lowest BCUT2D eigenvalue weighted by Crippen LogP contribution is -2.30. The number of nitrogens with one attached hydrogen (secondary N) is 1. The van der Waals surface area contributed by atoms with Crippen LogP contribution in [-0.2, 0) is 10.2 Å². The Kier molecular flexibility index (Phi) is 4.49. The van der Waals surface area contributed by atoms with Gasteiger partial charge >= 0.3 is 0 Å². The number of anilines is 1. The molecule has 1 unspecified atom stereocenters. The first-order chi connectivity index (χ1) is 10.3. The molecule has 0 saturated carbocycles. The van der Waals surface area contributed by atoms with Gasteiger partial charge in [-0.25, -0.2) is 4.39 Å². The molecule has 1 aromatic heterocycles. The summed E-state index contributed by atoms with van der Waals surface area (Å²) in [6, 6.07) is 7.16. The maximum absolute atomic E-state index is 12.8. The van der Waals surface area contributed by atoms with Gasteiger partial charge in [0, 0.05) is 11.5 Å². The van der Waals surface area contributed by atoms with Crippen molar-refractivity contribution in [3.05, 3.63) is 41.9 Å². The minimum absolute atomic E-state index is 0.188. The van der Waals surface area contributed by atoms with E-state index in [1.165, 1.54) is 24.3 Å². The van der Waals surface area contributed by atoms with E-state index >= 15 is 0 Å². The molecule has 1 N–H and O–H groups in total. The first-order valence-electron chi connectivity index (χ1n) is 6.96. The van der Waals surface area contributed by atoms with Crippen LogP contribution in [0, 0.1) is 5.82 Å². The molecule has 0 aliphatic carbocycles. The summed E-state index contributed by atoms with van der Waals surface area (Å²) in [5.41, 5.74) is -0.188. The molecule has 0 spiro atoms. The molecule has 1 atom stereocenters. The van der Waals surface area contributed by atoms with Crippen LogP contribution in [0.3, 0.4) is 0 Å². The molecule has 0 aliphatic heterocycles. The average Bonchev–Trinajstić information content (AvgIpc) is 2.90. The number of halogens is 1. The number of amides is 1. The topological polar surface area (TPSA) is 64.4 Å². The number of aromatic nitrogens is 1. The summed E-state index contributed by atoms with van der Waals surface area (Å²) in [5.74, 6) is 0.707. The highest BCUT2D eigenvalue weighted by molar-refractivity contribution is 5.93. The smallest absolute Gasteiger partial charge is 0.266 e. The minimum Gasteiger partial charge on any atom is -0.481 e. The normalized spacial score (nSPS) is 12.8. The fraction of sp³-hybridized carbons (Fsp3) is 0.375. The van der Waals surface area contributed by atoms with Gasteiger partial charge in [0.1, 0.15) is 17.3 Å². The quantitative estimate of drug-likeness (QED) is 0.938. The zero-order chi connectivity index (χ0) is 16.3. The number of rotatable bonds is 4. The van der Waals surface area contributed by atoms with Gasteiger partial charge in [-0.05, 0) is 31.2 Å². The molecule has 0 aliphatic rings. The summed E-state index contributed by atoms with van der Waals surface area (Å²) >= 11 is 0. The van der Waals surface area contributed by atoms with Crippen molar-refractivity contribution in [3.8, 4) is 5.75 Å². The summed E-state index contributed by atoms with van der Waals surface area (Å²) < 4.78 is 23.4. The molecular weight excluding hydrogens is 287 g/mol. The van der Waals surface area contributed by atoms with E-state index in [-0.39, 0.29) is 17.1 Å². The number of hydrogen-bond donors (Lipinski definition) is 1. The monoisotopic (exact) mass is 306 g/mol. The molecule has 1 amide bonds. The summed E-state index contributed by atoms with van der Waals surface area (Å²) in [7, 11) is 0. The van der Waals surface area contributed by atoms with Gasteiger partial charge in [0.2, 0.25) is 0 Å². The maximum Gasteiger partial charge on any atom is 0.266 e. The van der Waals surface area contributed by atoms with Crippen molar-refractivity contribution in [2.24, 2.45) is 0 Å². The first-order valence-corrected chi connectivity index (χ1v) is 6.96. The average molecular weight is 306 g/mol. The van der Waals surface area contributed by atoms with E-state index in [9.17, 15) is 9.18 Å². The number of hydrogen-bond acceptors (Lipinski definition) is 4. The molecule has 22 heavy (non-hydrogen) atoms. The summed E-state index contributed by atoms with van der Waals surface area (Å²) in [5, 5.41) is 6.43. The lowest BCUT2D eigenvalue weighted by Gasteiger charge is -2.13. The van der Waals surface area contributed by atoms with Crippen LogP contribution in [0.15, 0.2) is 34.9 Å². The third-order valence-electron chi connectivity index (χ3n) is 3.00. The van der Waals surface area contributed by atoms with Gasteiger partial charge in [-0.15, -0.1) is 0 Å². The van der Waals surface area contributed by atoms with Crippen molar-refractivity contribution in [2.45, 2.75) is 39.2 Å². The van der Waals surface area contributed by atoms with Gasteiger partial charge in [-0.2, -0.15) is 0 Å². The van der Waals surface area contributed by atoms with Gasteiger partial charge in [-0.3, -0.25) is 4.79 Å². The predicted molar refractivity (Wildman–Crippen MR) is 80.3 cm³/mol. The van der Waals surface area contributed by atoms with Crippen molar-refractivity contribution >= 4 is 11.7 Å². The van der Waals surface area contributed by atoms with Gasteiger partial charge in [-0.1, -0.05) is 25.9 Å². The lowest BCUT2D eigenvalue weighted by atomic mass is 9.93. The summed E-state index contributed by atoms with van der Waals surface area (Å²) in [6.07, 6.45) is -0.750. The number of carbonyl (C=O) groups is 1. The second kappa shape index (κ2) is 6.17. The van der Waals surface area contributed by atoms with Crippen molar-refractivity contribution < 1.29 is 18.4 Å². The summed E-state index contributed by atoms with van der Waals surface area (Å²) in [4.78, 5) is 12.1. The van der Waals surface area contributed by atoms with Gasteiger partial charge in [0.25, 0.3) is 5.91 Å². The van der Waals surface area contributed by atoms with Crippen LogP contribution in [0.4, 0.5) is 10.2 Å². The van der Waals surface area contributed by atoms with Crippen LogP contribution in [0.1, 0.15) is 33.5 Å². The Bertz CT molecular complexity index is 644. The minimum atomic E-state index is -0.750. The fourth-order valence-electron chi connectivity index (χ4n) is 1.69. The highest BCUT2D eigenvalue weighted by atomic mass is 19.1. The van der Waals surface area contributed by atoms with E-state index in [2.05, 4.69) is 10.5 Å². The second-order valence-corrected chi connectivity index (χ2v) is 6.03. The van der Waals surface area contributed by atoms with Crippen LogP contribution in [0.5, 0.6) is 5.75 Å². The Morgan fingerprint density at radius 2 is 1.95 bits per heavy atom. The molecule has 6 heteroatoms. The van der Waals surface area contributed by atoms with Crippen LogP contribution in [-0.4, -0.2) is 17.2 Å². The van der Waals surface area contributed by atoms with E-state index < -0.39 is 6.10 Å². The van der Waals surface area contributed by atoms with E-state index in [4.69, 9.17) is 9.26 Å². The van der Waals surface area contributed by atoms with Crippen LogP contribution < -0.4 is 10.1 Å². The Morgan fingerprint density at radius 3 is 2.50 bits per heavy atom. The predicted octanol–water partition coefficient (Wildman–Crippen LogP) is 3.52. The molecule has 0 fully saturated rings. The van der Waals surface area contributed by atoms with Crippen molar-refractivity contribution in [2.75, 3.05) is 5.32 Å². The molecule has 2 aromatic rings. The zero-order valence-electron chi connectivity index (χ0n) is 13.0. The molecule has 2 rings (SSSR count). The van der Waals surface area contributed by atoms with Crippen LogP contribution >= 0.6 is 0 Å². The SMILES string of the molecule is CC(Oc1ccc(F)cc1)C(=O)Nc1cc(C(C)(C)C)on1.